The Morgan fingerprint density at radius 1 is 1.11 bits per heavy atom. The number of nitrogen functional groups attached to an aromatic ring is 1. The Kier molecular flexibility index (Phi) is 3.98. The summed E-state index contributed by atoms with van der Waals surface area (Å²) in [6.07, 6.45) is 1.63. The summed E-state index contributed by atoms with van der Waals surface area (Å²) in [7, 11) is 0. The summed E-state index contributed by atoms with van der Waals surface area (Å²) in [6.45, 7) is 1.78. The van der Waals surface area contributed by atoms with E-state index < -0.39 is 5.82 Å². The molecule has 2 aromatic heterocycles. The highest BCUT2D eigenvalue weighted by Crippen LogP contribution is 2.35. The molecular weight excluding hydrogens is 367 g/mol. The van der Waals surface area contributed by atoms with Crippen LogP contribution in [0.1, 0.15) is 11.3 Å². The standard InChI is InChI=1S/C19H12ClFN6/c1-9-2-10(5-13(21)3-9)18-17(25-15(7-22)19(23)26-18)11-4-12-8-24-27-16(12)14(20)6-11/h2-6,8H,1H3,(H2,23,26)(H,24,27). The number of halogens is 2. The lowest BCUT2D eigenvalue weighted by atomic mass is 10.0. The van der Waals surface area contributed by atoms with Gasteiger partial charge in [0.2, 0.25) is 0 Å². The van der Waals surface area contributed by atoms with Gasteiger partial charge in [0.05, 0.1) is 28.1 Å². The first kappa shape index (κ1) is 16.9. The molecule has 2 aromatic carbocycles. The van der Waals surface area contributed by atoms with E-state index in [-0.39, 0.29) is 11.5 Å². The minimum absolute atomic E-state index is 0.00899. The maximum Gasteiger partial charge on any atom is 0.183 e. The Labute approximate surface area is 158 Å². The number of H-pyrrole nitrogens is 1. The van der Waals surface area contributed by atoms with Crippen molar-refractivity contribution >= 4 is 28.3 Å². The maximum absolute atomic E-state index is 14.0. The molecule has 0 saturated carbocycles. The minimum atomic E-state index is -0.399. The van der Waals surface area contributed by atoms with E-state index in [9.17, 15) is 9.65 Å². The van der Waals surface area contributed by atoms with Crippen LogP contribution in [0.2, 0.25) is 5.02 Å². The predicted octanol–water partition coefficient (Wildman–Crippen LogP) is 4.24. The van der Waals surface area contributed by atoms with E-state index in [2.05, 4.69) is 20.2 Å². The van der Waals surface area contributed by atoms with Crippen molar-refractivity contribution in [2.24, 2.45) is 0 Å². The summed E-state index contributed by atoms with van der Waals surface area (Å²) in [6, 6.07) is 9.99. The molecule has 0 fully saturated rings. The summed E-state index contributed by atoms with van der Waals surface area (Å²) in [5.74, 6) is -0.419. The summed E-state index contributed by atoms with van der Waals surface area (Å²) >= 11 is 6.34. The van der Waals surface area contributed by atoms with Gasteiger partial charge in [-0.3, -0.25) is 5.10 Å². The topological polar surface area (TPSA) is 104 Å². The lowest BCUT2D eigenvalue weighted by molar-refractivity contribution is 0.627. The van der Waals surface area contributed by atoms with Crippen molar-refractivity contribution in [1.82, 2.24) is 20.2 Å². The second kappa shape index (κ2) is 6.34. The number of hydrogen-bond acceptors (Lipinski definition) is 5. The van der Waals surface area contributed by atoms with Crippen LogP contribution in [-0.4, -0.2) is 20.2 Å². The fraction of sp³-hybridized carbons (Fsp3) is 0.0526. The minimum Gasteiger partial charge on any atom is -0.381 e. The fourth-order valence-corrected chi connectivity index (χ4v) is 3.23. The third kappa shape index (κ3) is 2.96. The zero-order valence-electron chi connectivity index (χ0n) is 14.1. The van der Waals surface area contributed by atoms with Gasteiger partial charge >= 0.3 is 0 Å². The Balaban J connectivity index is 2.04. The number of nitrogens with zero attached hydrogens (tertiary/aromatic N) is 4. The first-order chi connectivity index (χ1) is 13.0. The molecular formula is C19H12ClFN6. The zero-order valence-corrected chi connectivity index (χ0v) is 14.8. The second-order valence-electron chi connectivity index (χ2n) is 6.08. The Morgan fingerprint density at radius 3 is 2.59 bits per heavy atom. The van der Waals surface area contributed by atoms with E-state index in [0.717, 1.165) is 10.9 Å². The Morgan fingerprint density at radius 2 is 1.85 bits per heavy atom. The van der Waals surface area contributed by atoms with Crippen LogP contribution in [0, 0.1) is 24.1 Å². The van der Waals surface area contributed by atoms with Gasteiger partial charge in [-0.25, -0.2) is 14.4 Å². The van der Waals surface area contributed by atoms with Gasteiger partial charge in [-0.2, -0.15) is 10.4 Å². The van der Waals surface area contributed by atoms with Crippen molar-refractivity contribution in [1.29, 1.82) is 5.26 Å². The number of aryl methyl sites for hydroxylation is 1. The summed E-state index contributed by atoms with van der Waals surface area (Å²) in [5.41, 5.74) is 9.15. The molecule has 0 aliphatic heterocycles. The predicted molar refractivity (Wildman–Crippen MR) is 101 cm³/mol. The molecule has 132 valence electrons. The highest BCUT2D eigenvalue weighted by molar-refractivity contribution is 6.35. The fourth-order valence-electron chi connectivity index (χ4n) is 2.96. The molecule has 0 atom stereocenters. The molecule has 3 N–H and O–H groups in total. The lowest BCUT2D eigenvalue weighted by Gasteiger charge is -2.12. The van der Waals surface area contributed by atoms with Crippen LogP contribution < -0.4 is 5.73 Å². The number of fused-ring (bicyclic) bond motifs is 1. The molecule has 2 heterocycles. The lowest BCUT2D eigenvalue weighted by Crippen LogP contribution is -2.03. The number of benzene rings is 2. The molecule has 0 radical (unpaired) electrons. The van der Waals surface area contributed by atoms with Crippen molar-refractivity contribution in [3.63, 3.8) is 0 Å². The molecule has 27 heavy (non-hydrogen) atoms. The summed E-state index contributed by atoms with van der Waals surface area (Å²) < 4.78 is 14.0. The smallest absolute Gasteiger partial charge is 0.183 e. The van der Waals surface area contributed by atoms with Crippen molar-refractivity contribution in [3.8, 4) is 28.6 Å². The Bertz CT molecular complexity index is 1220. The Hall–Kier alpha value is -3.50. The number of nitrogens with two attached hydrogens (primary N) is 1. The van der Waals surface area contributed by atoms with Crippen LogP contribution in [-0.2, 0) is 0 Å². The van der Waals surface area contributed by atoms with Crippen LogP contribution in [0.15, 0.2) is 36.5 Å². The van der Waals surface area contributed by atoms with E-state index in [1.165, 1.54) is 12.1 Å². The van der Waals surface area contributed by atoms with Gasteiger partial charge in [-0.05, 0) is 42.8 Å². The summed E-state index contributed by atoms with van der Waals surface area (Å²) in [5, 5.41) is 17.3. The van der Waals surface area contributed by atoms with Crippen molar-refractivity contribution < 1.29 is 4.39 Å². The van der Waals surface area contributed by atoms with Crippen LogP contribution in [0.25, 0.3) is 33.4 Å². The van der Waals surface area contributed by atoms with Gasteiger partial charge in [0.15, 0.2) is 11.5 Å². The van der Waals surface area contributed by atoms with Gasteiger partial charge in [0.25, 0.3) is 0 Å². The maximum atomic E-state index is 14.0. The second-order valence-corrected chi connectivity index (χ2v) is 6.48. The first-order valence-corrected chi connectivity index (χ1v) is 8.32. The van der Waals surface area contributed by atoms with Crippen molar-refractivity contribution in [3.05, 3.63) is 58.6 Å². The molecule has 0 spiro atoms. The average Bonchev–Trinajstić information content (AvgIpc) is 3.10. The van der Waals surface area contributed by atoms with E-state index >= 15 is 0 Å². The molecule has 4 aromatic rings. The van der Waals surface area contributed by atoms with Crippen LogP contribution in [0.5, 0.6) is 0 Å². The molecule has 0 unspecified atom stereocenters. The average molecular weight is 379 g/mol. The van der Waals surface area contributed by atoms with Crippen molar-refractivity contribution in [2.45, 2.75) is 6.92 Å². The highest BCUT2D eigenvalue weighted by atomic mass is 35.5. The number of anilines is 1. The van der Waals surface area contributed by atoms with E-state index in [1.807, 2.05) is 12.1 Å². The first-order valence-electron chi connectivity index (χ1n) is 7.94. The highest BCUT2D eigenvalue weighted by Gasteiger charge is 2.18. The molecule has 0 amide bonds. The van der Waals surface area contributed by atoms with Crippen molar-refractivity contribution in [2.75, 3.05) is 5.73 Å². The molecule has 0 bridgehead atoms. The molecule has 8 heteroatoms. The largest absolute Gasteiger partial charge is 0.381 e. The van der Waals surface area contributed by atoms with Crippen LogP contribution in [0.4, 0.5) is 10.2 Å². The normalized spacial score (nSPS) is 10.9. The monoisotopic (exact) mass is 378 g/mol. The number of nitriles is 1. The van der Waals surface area contributed by atoms with Gasteiger partial charge in [0, 0.05) is 16.5 Å². The molecule has 0 aliphatic rings. The number of aromatic nitrogens is 4. The van der Waals surface area contributed by atoms with Gasteiger partial charge < -0.3 is 5.73 Å². The van der Waals surface area contributed by atoms with E-state index in [0.29, 0.717) is 33.1 Å². The quantitative estimate of drug-likeness (QED) is 0.542. The summed E-state index contributed by atoms with van der Waals surface area (Å²) in [4.78, 5) is 8.70. The number of nitrogens with one attached hydrogen (secondary N) is 1. The zero-order chi connectivity index (χ0) is 19.1. The number of hydrogen-bond donors (Lipinski definition) is 2. The van der Waals surface area contributed by atoms with Gasteiger partial charge in [0.1, 0.15) is 11.9 Å². The van der Waals surface area contributed by atoms with Crippen LogP contribution in [0.3, 0.4) is 0 Å². The van der Waals surface area contributed by atoms with Gasteiger partial charge in [-0.15, -0.1) is 0 Å². The molecule has 4 rings (SSSR count). The molecule has 0 aliphatic carbocycles. The molecule has 0 saturated heterocycles. The molecule has 6 nitrogen and oxygen atoms in total. The SMILES string of the molecule is Cc1cc(F)cc(-c2nc(N)c(C#N)nc2-c2cc(Cl)c3[nH]ncc3c2)c1. The van der Waals surface area contributed by atoms with E-state index in [1.54, 1.807) is 25.3 Å². The third-order valence-corrected chi connectivity index (χ3v) is 4.42. The number of rotatable bonds is 2. The third-order valence-electron chi connectivity index (χ3n) is 4.12. The van der Waals surface area contributed by atoms with E-state index in [4.69, 9.17) is 17.3 Å². The number of aromatic amines is 1. The van der Waals surface area contributed by atoms with Crippen LogP contribution >= 0.6 is 11.6 Å². The van der Waals surface area contributed by atoms with Gasteiger partial charge in [-0.1, -0.05) is 11.6 Å².